The summed E-state index contributed by atoms with van der Waals surface area (Å²) in [5, 5.41) is 15.2. The van der Waals surface area contributed by atoms with Crippen LogP contribution in [0.4, 0.5) is 17.1 Å². The number of rotatable bonds is 5. The predicted molar refractivity (Wildman–Crippen MR) is 252 cm³/mol. The van der Waals surface area contributed by atoms with E-state index in [1.54, 1.807) is 0 Å². The molecule has 0 saturated heterocycles. The Kier molecular flexibility index (Phi) is 7.47. The van der Waals surface area contributed by atoms with Gasteiger partial charge in [0.2, 0.25) is 0 Å². The number of benzene rings is 11. The molecule has 270 valence electrons. The van der Waals surface area contributed by atoms with E-state index in [1.165, 1.54) is 96.3 Å². The fourth-order valence-electron chi connectivity index (χ4n) is 9.24. The summed E-state index contributed by atoms with van der Waals surface area (Å²) >= 11 is 1.89. The first-order valence-corrected chi connectivity index (χ1v) is 20.7. The number of hydrogen-bond acceptors (Lipinski definition) is 2. The predicted octanol–water partition coefficient (Wildman–Crippen LogP) is 16.6. The van der Waals surface area contributed by atoms with E-state index in [2.05, 4.69) is 217 Å². The van der Waals surface area contributed by atoms with Gasteiger partial charge in [-0.1, -0.05) is 164 Å². The second-order valence-electron chi connectivity index (χ2n) is 15.3. The lowest BCUT2D eigenvalue weighted by Gasteiger charge is -2.28. The highest BCUT2D eigenvalue weighted by Crippen LogP contribution is 2.46. The lowest BCUT2D eigenvalue weighted by Crippen LogP contribution is -2.10. The minimum absolute atomic E-state index is 1.12. The van der Waals surface area contributed by atoms with Gasteiger partial charge in [0.15, 0.2) is 0 Å². The van der Waals surface area contributed by atoms with Crippen LogP contribution in [0.1, 0.15) is 0 Å². The zero-order valence-corrected chi connectivity index (χ0v) is 32.4. The summed E-state index contributed by atoms with van der Waals surface area (Å²) in [7, 11) is 0. The van der Waals surface area contributed by atoms with Crippen molar-refractivity contribution in [1.29, 1.82) is 0 Å². The average molecular weight is 754 g/mol. The molecule has 0 aliphatic rings. The Morgan fingerprint density at radius 1 is 0.293 bits per heavy atom. The zero-order valence-electron chi connectivity index (χ0n) is 31.6. The molecule has 1 aromatic heterocycles. The van der Waals surface area contributed by atoms with E-state index in [1.807, 2.05) is 11.3 Å². The highest BCUT2D eigenvalue weighted by Gasteiger charge is 2.20. The quantitative estimate of drug-likeness (QED) is 0.158. The minimum Gasteiger partial charge on any atom is -0.310 e. The van der Waals surface area contributed by atoms with Gasteiger partial charge in [-0.05, 0) is 119 Å². The van der Waals surface area contributed by atoms with Crippen LogP contribution in [0.5, 0.6) is 0 Å². The van der Waals surface area contributed by atoms with Crippen molar-refractivity contribution in [2.24, 2.45) is 0 Å². The maximum Gasteiger partial charge on any atom is 0.0540 e. The molecule has 58 heavy (non-hydrogen) atoms. The summed E-state index contributed by atoms with van der Waals surface area (Å²) in [6.45, 7) is 0. The lowest BCUT2D eigenvalue weighted by molar-refractivity contribution is 1.31. The Morgan fingerprint density at radius 3 is 1.76 bits per heavy atom. The van der Waals surface area contributed by atoms with Crippen LogP contribution >= 0.6 is 11.3 Å². The molecule has 2 heteroatoms. The number of hydrogen-bond donors (Lipinski definition) is 0. The Bertz CT molecular complexity index is 3580. The van der Waals surface area contributed by atoms with Crippen molar-refractivity contribution in [2.45, 2.75) is 0 Å². The standard InChI is InChI=1S/C56H35NS/c1-2-12-36(13-3-1)45-29-30-54(50-21-11-10-19-48(45)50)57(43-27-31-55-53(35-43)51-28-25-37-14-4-7-17-46(37)56(51)58-55)42-26-24-38-32-41(23-22-39(38)33-42)52-34-40-15-5-6-16-44(40)47-18-8-9-20-49(47)52/h1-35H. The Labute approximate surface area is 340 Å². The van der Waals surface area contributed by atoms with E-state index in [0.717, 1.165) is 17.1 Å². The van der Waals surface area contributed by atoms with Crippen LogP contribution in [0.15, 0.2) is 212 Å². The van der Waals surface area contributed by atoms with Crippen LogP contribution in [-0.4, -0.2) is 0 Å². The number of thiophene rings is 1. The summed E-state index contributed by atoms with van der Waals surface area (Å²) in [6.07, 6.45) is 0. The molecule has 1 nitrogen and oxygen atoms in total. The van der Waals surface area contributed by atoms with E-state index in [-0.39, 0.29) is 0 Å². The van der Waals surface area contributed by atoms with Crippen LogP contribution < -0.4 is 4.90 Å². The van der Waals surface area contributed by atoms with E-state index >= 15 is 0 Å². The number of nitrogens with zero attached hydrogens (tertiary/aromatic N) is 1. The number of anilines is 3. The molecule has 0 N–H and O–H groups in total. The molecule has 0 fully saturated rings. The Hall–Kier alpha value is -7.26. The van der Waals surface area contributed by atoms with Crippen LogP contribution in [0.2, 0.25) is 0 Å². The zero-order chi connectivity index (χ0) is 38.2. The normalized spacial score (nSPS) is 11.8. The second-order valence-corrected chi connectivity index (χ2v) is 16.3. The molecule has 0 unspecified atom stereocenters. The summed E-state index contributed by atoms with van der Waals surface area (Å²) in [4.78, 5) is 2.46. The summed E-state index contributed by atoms with van der Waals surface area (Å²) < 4.78 is 2.64. The SMILES string of the molecule is c1ccc(-c2ccc(N(c3ccc4cc(-c5cc6ccccc6c6ccccc56)ccc4c3)c3ccc4sc5c6ccccc6ccc5c4c3)c3ccccc23)cc1. The summed E-state index contributed by atoms with van der Waals surface area (Å²) in [5.74, 6) is 0. The molecule has 0 atom stereocenters. The van der Waals surface area contributed by atoms with Gasteiger partial charge in [0.25, 0.3) is 0 Å². The summed E-state index contributed by atoms with van der Waals surface area (Å²) in [5.41, 5.74) is 8.35. The molecule has 11 aromatic carbocycles. The largest absolute Gasteiger partial charge is 0.310 e. The van der Waals surface area contributed by atoms with Crippen molar-refractivity contribution >= 4 is 102 Å². The van der Waals surface area contributed by atoms with Crippen molar-refractivity contribution in [3.05, 3.63) is 212 Å². The van der Waals surface area contributed by atoms with Crippen molar-refractivity contribution < 1.29 is 0 Å². The smallest absolute Gasteiger partial charge is 0.0540 e. The van der Waals surface area contributed by atoms with Gasteiger partial charge < -0.3 is 4.90 Å². The monoisotopic (exact) mass is 753 g/mol. The molecule has 0 amide bonds. The number of fused-ring (bicyclic) bond motifs is 10. The van der Waals surface area contributed by atoms with Gasteiger partial charge in [-0.15, -0.1) is 11.3 Å². The molecule has 1 heterocycles. The third kappa shape index (κ3) is 5.23. The fourth-order valence-corrected chi connectivity index (χ4v) is 10.5. The first kappa shape index (κ1) is 32.9. The highest BCUT2D eigenvalue weighted by molar-refractivity contribution is 7.26. The van der Waals surface area contributed by atoms with E-state index in [4.69, 9.17) is 0 Å². The molecule has 0 spiro atoms. The van der Waals surface area contributed by atoms with Gasteiger partial charge in [-0.25, -0.2) is 0 Å². The molecule has 0 aliphatic carbocycles. The topological polar surface area (TPSA) is 3.24 Å². The molecule has 0 bridgehead atoms. The van der Waals surface area contributed by atoms with Crippen LogP contribution in [0.25, 0.3) is 96.3 Å². The van der Waals surface area contributed by atoms with Crippen LogP contribution in [0.3, 0.4) is 0 Å². The molecular weight excluding hydrogens is 719 g/mol. The fraction of sp³-hybridized carbons (Fsp3) is 0. The minimum atomic E-state index is 1.12. The molecule has 0 aliphatic heterocycles. The van der Waals surface area contributed by atoms with Gasteiger partial charge in [0, 0.05) is 36.9 Å². The van der Waals surface area contributed by atoms with Crippen LogP contribution in [0, 0.1) is 0 Å². The van der Waals surface area contributed by atoms with Gasteiger partial charge in [-0.3, -0.25) is 0 Å². The third-order valence-corrected chi connectivity index (χ3v) is 13.2. The first-order chi connectivity index (χ1) is 28.7. The van der Waals surface area contributed by atoms with Gasteiger partial charge in [-0.2, -0.15) is 0 Å². The lowest BCUT2D eigenvalue weighted by atomic mass is 9.92. The van der Waals surface area contributed by atoms with Crippen LogP contribution in [-0.2, 0) is 0 Å². The molecule has 0 saturated carbocycles. The first-order valence-electron chi connectivity index (χ1n) is 19.9. The van der Waals surface area contributed by atoms with Gasteiger partial charge in [0.1, 0.15) is 0 Å². The van der Waals surface area contributed by atoms with E-state index < -0.39 is 0 Å². The average Bonchev–Trinajstić information content (AvgIpc) is 3.68. The molecular formula is C56H35NS. The second kappa shape index (κ2) is 13.2. The van der Waals surface area contributed by atoms with Gasteiger partial charge in [0.05, 0.1) is 5.69 Å². The Morgan fingerprint density at radius 2 is 0.914 bits per heavy atom. The van der Waals surface area contributed by atoms with Crippen molar-refractivity contribution in [1.82, 2.24) is 0 Å². The van der Waals surface area contributed by atoms with Crippen molar-refractivity contribution in [3.8, 4) is 22.3 Å². The maximum absolute atomic E-state index is 2.46. The van der Waals surface area contributed by atoms with Crippen molar-refractivity contribution in [2.75, 3.05) is 4.90 Å². The molecule has 12 rings (SSSR count). The third-order valence-electron chi connectivity index (χ3n) is 12.0. The maximum atomic E-state index is 2.46. The molecule has 0 radical (unpaired) electrons. The van der Waals surface area contributed by atoms with Gasteiger partial charge >= 0.3 is 0 Å². The molecule has 12 aromatic rings. The van der Waals surface area contributed by atoms with Crippen molar-refractivity contribution in [3.63, 3.8) is 0 Å². The van der Waals surface area contributed by atoms with E-state index in [0.29, 0.717) is 0 Å². The highest BCUT2D eigenvalue weighted by atomic mass is 32.1. The summed E-state index contributed by atoms with van der Waals surface area (Å²) in [6, 6.07) is 78.3. The van der Waals surface area contributed by atoms with E-state index in [9.17, 15) is 0 Å². The Balaban J connectivity index is 1.06.